The number of para-hydroxylation sites is 1. The normalized spacial score (nSPS) is 23.3. The number of benzene rings is 1. The predicted molar refractivity (Wildman–Crippen MR) is 165 cm³/mol. The van der Waals surface area contributed by atoms with Crippen molar-refractivity contribution < 1.29 is 19.0 Å². The van der Waals surface area contributed by atoms with Gasteiger partial charge in [-0.3, -0.25) is 4.79 Å². The Morgan fingerprint density at radius 1 is 1.18 bits per heavy atom. The van der Waals surface area contributed by atoms with Gasteiger partial charge in [0, 0.05) is 44.3 Å². The fourth-order valence-corrected chi connectivity index (χ4v) is 7.60. The second-order valence-electron chi connectivity index (χ2n) is 12.8. The van der Waals surface area contributed by atoms with Crippen LogP contribution in [0.2, 0.25) is 0 Å². The molecule has 2 aromatic rings. The SMILES string of the molecule is C=CC(=O)N1CCN(c2nc(OCC3CCCN3C)nc3c2CCC2(CCN(c4c(O)cccc4F)CC2)C3)CC1CC#N. The maximum atomic E-state index is 14.6. The summed E-state index contributed by atoms with van der Waals surface area (Å²) in [6, 6.07) is 7.17. The Labute approximate surface area is 258 Å². The van der Waals surface area contributed by atoms with Crippen LogP contribution in [0.25, 0.3) is 0 Å². The minimum Gasteiger partial charge on any atom is -0.506 e. The molecule has 10 nitrogen and oxygen atoms in total. The minimum absolute atomic E-state index is 0.0217. The van der Waals surface area contributed by atoms with Gasteiger partial charge in [0.15, 0.2) is 0 Å². The highest BCUT2D eigenvalue weighted by atomic mass is 19.1. The van der Waals surface area contributed by atoms with E-state index in [1.165, 1.54) is 24.3 Å². The number of ether oxygens (including phenoxy) is 1. The van der Waals surface area contributed by atoms with Gasteiger partial charge < -0.3 is 29.4 Å². The lowest BCUT2D eigenvalue weighted by atomic mass is 9.67. The Morgan fingerprint density at radius 3 is 2.70 bits per heavy atom. The van der Waals surface area contributed by atoms with Crippen LogP contribution in [0.4, 0.5) is 15.9 Å². The van der Waals surface area contributed by atoms with Gasteiger partial charge in [-0.1, -0.05) is 12.6 Å². The topological polar surface area (TPSA) is 109 Å². The standard InChI is InChI=1S/C33H42FN7O3/c1-3-29(43)41-19-18-40(21-23(41)10-14-35)31-25-9-11-33(12-16-39(17-13-33)30-26(34)7-4-8-28(30)42)20-27(25)36-32(37-31)44-22-24-6-5-15-38(24)2/h3-4,7-8,23-24,42H,1,5-6,9-13,15-22H2,2H3. The van der Waals surface area contributed by atoms with E-state index < -0.39 is 5.82 Å². The average Bonchev–Trinajstić information content (AvgIpc) is 3.44. The number of aromatic nitrogens is 2. The van der Waals surface area contributed by atoms with Gasteiger partial charge in [0.25, 0.3) is 0 Å². The summed E-state index contributed by atoms with van der Waals surface area (Å²) in [7, 11) is 2.12. The molecule has 1 amide bonds. The third kappa shape index (κ3) is 5.92. The van der Waals surface area contributed by atoms with E-state index >= 15 is 0 Å². The van der Waals surface area contributed by atoms with Gasteiger partial charge in [-0.05, 0) is 82.2 Å². The fraction of sp³-hybridized carbons (Fsp3) is 0.576. The van der Waals surface area contributed by atoms with Gasteiger partial charge in [-0.2, -0.15) is 15.2 Å². The third-order valence-electron chi connectivity index (χ3n) is 10.2. The summed E-state index contributed by atoms with van der Waals surface area (Å²) < 4.78 is 20.9. The summed E-state index contributed by atoms with van der Waals surface area (Å²) in [6.45, 7) is 8.15. The highest BCUT2D eigenvalue weighted by molar-refractivity contribution is 5.87. The first kappa shape index (κ1) is 30.1. The Balaban J connectivity index is 1.26. The molecule has 1 aromatic heterocycles. The number of hydrogen-bond donors (Lipinski definition) is 1. The molecule has 0 saturated carbocycles. The molecule has 2 unspecified atom stereocenters. The number of piperidine rings is 1. The van der Waals surface area contributed by atoms with Crippen molar-refractivity contribution in [1.29, 1.82) is 5.26 Å². The monoisotopic (exact) mass is 603 g/mol. The summed E-state index contributed by atoms with van der Waals surface area (Å²) in [5, 5.41) is 19.9. The van der Waals surface area contributed by atoms with Crippen molar-refractivity contribution in [3.8, 4) is 17.8 Å². The van der Waals surface area contributed by atoms with E-state index in [1.54, 1.807) is 4.90 Å². The van der Waals surface area contributed by atoms with Crippen LogP contribution >= 0.6 is 0 Å². The van der Waals surface area contributed by atoms with Crippen LogP contribution < -0.4 is 14.5 Å². The molecule has 234 valence electrons. The molecule has 11 heteroatoms. The first-order valence-corrected chi connectivity index (χ1v) is 15.8. The number of nitriles is 1. The Morgan fingerprint density at radius 2 is 2.00 bits per heavy atom. The van der Waals surface area contributed by atoms with Crippen LogP contribution in [0.5, 0.6) is 11.8 Å². The molecule has 3 aliphatic heterocycles. The molecule has 1 N–H and O–H groups in total. The van der Waals surface area contributed by atoms with Crippen molar-refractivity contribution in [3.05, 3.63) is 47.9 Å². The number of phenols is 1. The summed E-state index contributed by atoms with van der Waals surface area (Å²) in [4.78, 5) is 30.7. The Kier molecular flexibility index (Phi) is 8.63. The molecule has 1 spiro atoms. The van der Waals surface area contributed by atoms with Crippen molar-refractivity contribution in [2.75, 3.05) is 62.7 Å². The Bertz CT molecular complexity index is 1420. The first-order chi connectivity index (χ1) is 21.3. The van der Waals surface area contributed by atoms with Crippen molar-refractivity contribution in [1.82, 2.24) is 19.8 Å². The van der Waals surface area contributed by atoms with E-state index in [2.05, 4.69) is 29.5 Å². The van der Waals surface area contributed by atoms with E-state index in [0.717, 1.165) is 68.6 Å². The second-order valence-corrected chi connectivity index (χ2v) is 12.8. The van der Waals surface area contributed by atoms with Crippen LogP contribution in [-0.2, 0) is 17.6 Å². The zero-order chi connectivity index (χ0) is 30.8. The minimum atomic E-state index is -0.397. The van der Waals surface area contributed by atoms with Crippen LogP contribution in [0.1, 0.15) is 49.8 Å². The molecule has 4 heterocycles. The van der Waals surface area contributed by atoms with Gasteiger partial charge >= 0.3 is 6.01 Å². The number of amides is 1. The van der Waals surface area contributed by atoms with Crippen LogP contribution in [0.3, 0.4) is 0 Å². The number of nitrogens with zero attached hydrogens (tertiary/aromatic N) is 7. The van der Waals surface area contributed by atoms with Crippen molar-refractivity contribution >= 4 is 17.4 Å². The molecular formula is C33H42FN7O3. The molecule has 3 saturated heterocycles. The second kappa shape index (κ2) is 12.6. The smallest absolute Gasteiger partial charge is 0.318 e. The van der Waals surface area contributed by atoms with Crippen molar-refractivity contribution in [3.63, 3.8) is 0 Å². The van der Waals surface area contributed by atoms with Crippen molar-refractivity contribution in [2.24, 2.45) is 5.41 Å². The largest absolute Gasteiger partial charge is 0.506 e. The summed E-state index contributed by atoms with van der Waals surface area (Å²) >= 11 is 0. The fourth-order valence-electron chi connectivity index (χ4n) is 7.60. The zero-order valence-corrected chi connectivity index (χ0v) is 25.5. The maximum Gasteiger partial charge on any atom is 0.318 e. The van der Waals surface area contributed by atoms with E-state index in [9.17, 15) is 19.6 Å². The van der Waals surface area contributed by atoms with E-state index in [1.807, 2.05) is 4.90 Å². The van der Waals surface area contributed by atoms with Crippen LogP contribution in [-0.4, -0.2) is 95.8 Å². The molecule has 3 fully saturated rings. The molecule has 4 aliphatic rings. The number of fused-ring (bicyclic) bond motifs is 1. The number of phenolic OH excluding ortho intramolecular Hbond substituents is 1. The number of rotatable bonds is 7. The summed E-state index contributed by atoms with van der Waals surface area (Å²) in [6.07, 6.45) is 8.09. The molecule has 0 bridgehead atoms. The third-order valence-corrected chi connectivity index (χ3v) is 10.2. The maximum absolute atomic E-state index is 14.6. The quantitative estimate of drug-likeness (QED) is 0.474. The first-order valence-electron chi connectivity index (χ1n) is 15.8. The molecular weight excluding hydrogens is 561 g/mol. The highest BCUT2D eigenvalue weighted by Gasteiger charge is 2.41. The number of carbonyl (C=O) groups is 1. The van der Waals surface area contributed by atoms with Gasteiger partial charge in [0.1, 0.15) is 29.7 Å². The lowest BCUT2D eigenvalue weighted by molar-refractivity contribution is -0.128. The molecule has 44 heavy (non-hydrogen) atoms. The number of aromatic hydroxyl groups is 1. The van der Waals surface area contributed by atoms with Gasteiger partial charge in [-0.25, -0.2) is 4.39 Å². The lowest BCUT2D eigenvalue weighted by Gasteiger charge is -2.46. The van der Waals surface area contributed by atoms with E-state index in [4.69, 9.17) is 14.7 Å². The molecule has 2 atom stereocenters. The number of likely N-dealkylation sites (tertiary alicyclic amines) is 1. The van der Waals surface area contributed by atoms with Gasteiger partial charge in [0.05, 0.1) is 24.2 Å². The highest BCUT2D eigenvalue weighted by Crippen LogP contribution is 2.47. The van der Waals surface area contributed by atoms with Crippen LogP contribution in [0.15, 0.2) is 30.9 Å². The van der Waals surface area contributed by atoms with Gasteiger partial charge in [-0.15, -0.1) is 0 Å². The molecule has 6 rings (SSSR count). The molecule has 1 aliphatic carbocycles. The van der Waals surface area contributed by atoms with E-state index in [0.29, 0.717) is 51.4 Å². The molecule has 1 aromatic carbocycles. The lowest BCUT2D eigenvalue weighted by Crippen LogP contribution is -2.55. The Hall–Kier alpha value is -3.91. The zero-order valence-electron chi connectivity index (χ0n) is 25.5. The number of halogens is 1. The number of piperazine rings is 1. The van der Waals surface area contributed by atoms with Crippen LogP contribution in [0, 0.1) is 22.6 Å². The molecule has 0 radical (unpaired) electrons. The number of anilines is 2. The number of hydrogen-bond acceptors (Lipinski definition) is 9. The van der Waals surface area contributed by atoms with Gasteiger partial charge in [0.2, 0.25) is 5.91 Å². The summed E-state index contributed by atoms with van der Waals surface area (Å²) in [5.41, 5.74) is 2.43. The van der Waals surface area contributed by atoms with E-state index in [-0.39, 0.29) is 35.2 Å². The van der Waals surface area contributed by atoms with Crippen molar-refractivity contribution in [2.45, 2.75) is 63.5 Å². The average molecular weight is 604 g/mol. The predicted octanol–water partition coefficient (Wildman–Crippen LogP) is 3.69. The number of carbonyl (C=O) groups excluding carboxylic acids is 1. The summed E-state index contributed by atoms with van der Waals surface area (Å²) in [5.74, 6) is 0.275. The number of likely N-dealkylation sites (N-methyl/N-ethyl adjacent to an activating group) is 1.